The largest absolute Gasteiger partial charge is 0.353 e. The molecule has 0 spiro atoms. The number of carbonyl (C=O) groups is 1. The molecule has 0 aliphatic heterocycles. The highest BCUT2D eigenvalue weighted by atomic mass is 16.5. The van der Waals surface area contributed by atoms with Gasteiger partial charge in [0.2, 0.25) is 6.41 Å². The van der Waals surface area contributed by atoms with Gasteiger partial charge in [-0.15, -0.1) is 0 Å². The molecule has 0 aromatic carbocycles. The van der Waals surface area contributed by atoms with Crippen molar-refractivity contribution in [2.24, 2.45) is 0 Å². The molecule has 0 aromatic rings. The minimum Gasteiger partial charge on any atom is -0.353 e. The lowest BCUT2D eigenvalue weighted by atomic mass is 10.2. The van der Waals surface area contributed by atoms with E-state index < -0.39 is 0 Å². The molecule has 0 aliphatic carbocycles. The molecule has 1 atom stereocenters. The van der Waals surface area contributed by atoms with Crippen LogP contribution in [0.15, 0.2) is 0 Å². The fourth-order valence-electron chi connectivity index (χ4n) is 0.912. The van der Waals surface area contributed by atoms with E-state index in [0.717, 1.165) is 0 Å². The first-order chi connectivity index (χ1) is 5.99. The third-order valence-electron chi connectivity index (χ3n) is 1.33. The summed E-state index contributed by atoms with van der Waals surface area (Å²) in [6.45, 7) is 6.56. The van der Waals surface area contributed by atoms with Crippen molar-refractivity contribution in [1.29, 1.82) is 0 Å². The molecule has 0 rings (SSSR count). The molecular weight excluding hydrogens is 168 g/mol. The lowest BCUT2D eigenvalue weighted by Crippen LogP contribution is -2.39. The first kappa shape index (κ1) is 12.4. The van der Waals surface area contributed by atoms with Gasteiger partial charge in [0.05, 0.1) is 5.60 Å². The summed E-state index contributed by atoms with van der Waals surface area (Å²) in [7, 11) is 3.49. The zero-order valence-electron chi connectivity index (χ0n) is 8.59. The van der Waals surface area contributed by atoms with Crippen molar-refractivity contribution >= 4 is 6.41 Å². The summed E-state index contributed by atoms with van der Waals surface area (Å²) < 4.78 is 5.57. The van der Waals surface area contributed by atoms with Crippen LogP contribution in [0.4, 0.5) is 0 Å². The SMILES string of the molecule is [CH2]NCCC(NC=O)OC(C)(C)C. The number of carbonyl (C=O) groups excluding carboxylic acids is 1. The van der Waals surface area contributed by atoms with Crippen LogP contribution >= 0.6 is 0 Å². The summed E-state index contributed by atoms with van der Waals surface area (Å²) in [4.78, 5) is 10.2. The molecule has 4 heteroatoms. The zero-order chi connectivity index (χ0) is 10.3. The van der Waals surface area contributed by atoms with Crippen molar-refractivity contribution in [3.8, 4) is 0 Å². The van der Waals surface area contributed by atoms with E-state index >= 15 is 0 Å². The maximum atomic E-state index is 10.2. The standard InChI is InChI=1S/C9H19N2O2/c1-9(2,3)13-8(11-7-12)5-6-10-4/h7-8,10H,4-6H2,1-3H3,(H,11,12). The number of hydrogen-bond donors (Lipinski definition) is 2. The molecule has 0 aromatic heterocycles. The number of ether oxygens (including phenoxy) is 1. The Morgan fingerprint density at radius 2 is 2.15 bits per heavy atom. The summed E-state index contributed by atoms with van der Waals surface area (Å²) in [5, 5.41) is 5.36. The van der Waals surface area contributed by atoms with Gasteiger partial charge < -0.3 is 15.4 Å². The molecular formula is C9H19N2O2. The molecule has 0 saturated carbocycles. The highest BCUT2D eigenvalue weighted by Gasteiger charge is 2.17. The van der Waals surface area contributed by atoms with Gasteiger partial charge in [-0.1, -0.05) is 0 Å². The zero-order valence-corrected chi connectivity index (χ0v) is 8.59. The maximum Gasteiger partial charge on any atom is 0.209 e. The second-order valence-electron chi connectivity index (χ2n) is 3.79. The van der Waals surface area contributed by atoms with Gasteiger partial charge in [0.1, 0.15) is 6.23 Å². The Morgan fingerprint density at radius 3 is 2.54 bits per heavy atom. The number of rotatable bonds is 6. The Bertz CT molecular complexity index is 143. The summed E-state index contributed by atoms with van der Waals surface area (Å²) in [6.07, 6.45) is 1.12. The third-order valence-corrected chi connectivity index (χ3v) is 1.33. The molecule has 1 amide bonds. The van der Waals surface area contributed by atoms with Crippen molar-refractivity contribution in [2.75, 3.05) is 6.54 Å². The van der Waals surface area contributed by atoms with Crippen LogP contribution in [-0.2, 0) is 9.53 Å². The first-order valence-electron chi connectivity index (χ1n) is 4.37. The smallest absolute Gasteiger partial charge is 0.209 e. The van der Waals surface area contributed by atoms with E-state index in [1.807, 2.05) is 20.8 Å². The van der Waals surface area contributed by atoms with Crippen molar-refractivity contribution in [3.05, 3.63) is 7.05 Å². The highest BCUT2D eigenvalue weighted by Crippen LogP contribution is 2.10. The topological polar surface area (TPSA) is 50.4 Å². The van der Waals surface area contributed by atoms with Gasteiger partial charge in [-0.2, -0.15) is 0 Å². The summed E-state index contributed by atoms with van der Waals surface area (Å²) in [6, 6.07) is 0. The van der Waals surface area contributed by atoms with Gasteiger partial charge in [0, 0.05) is 13.5 Å². The molecule has 4 nitrogen and oxygen atoms in total. The van der Waals surface area contributed by atoms with E-state index in [0.29, 0.717) is 19.4 Å². The Morgan fingerprint density at radius 1 is 1.54 bits per heavy atom. The summed E-state index contributed by atoms with van der Waals surface area (Å²) >= 11 is 0. The van der Waals surface area contributed by atoms with Crippen molar-refractivity contribution in [2.45, 2.75) is 39.0 Å². The van der Waals surface area contributed by atoms with Gasteiger partial charge in [-0.25, -0.2) is 0 Å². The molecule has 0 heterocycles. The fraction of sp³-hybridized carbons (Fsp3) is 0.778. The van der Waals surface area contributed by atoms with Crippen LogP contribution < -0.4 is 10.6 Å². The third kappa shape index (κ3) is 7.74. The van der Waals surface area contributed by atoms with E-state index in [1.165, 1.54) is 0 Å². The normalized spacial score (nSPS) is 13.8. The van der Waals surface area contributed by atoms with Crippen molar-refractivity contribution in [3.63, 3.8) is 0 Å². The quantitative estimate of drug-likeness (QED) is 0.474. The lowest BCUT2D eigenvalue weighted by Gasteiger charge is -2.26. The molecule has 0 fully saturated rings. The Balaban J connectivity index is 3.86. The van der Waals surface area contributed by atoms with Crippen LogP contribution in [0.25, 0.3) is 0 Å². The molecule has 1 unspecified atom stereocenters. The van der Waals surface area contributed by atoms with Crippen molar-refractivity contribution in [1.82, 2.24) is 10.6 Å². The van der Waals surface area contributed by atoms with E-state index in [1.54, 1.807) is 0 Å². The number of nitrogens with one attached hydrogen (secondary N) is 2. The molecule has 0 aliphatic rings. The minimum atomic E-state index is -0.248. The molecule has 13 heavy (non-hydrogen) atoms. The Labute approximate surface area is 80.0 Å². The predicted octanol–water partition coefficient (Wildman–Crippen LogP) is 0.645. The molecule has 0 bridgehead atoms. The van der Waals surface area contributed by atoms with Crippen LogP contribution in [-0.4, -0.2) is 24.8 Å². The maximum absolute atomic E-state index is 10.2. The van der Waals surface area contributed by atoms with Gasteiger partial charge in [-0.05, 0) is 27.3 Å². The van der Waals surface area contributed by atoms with Crippen LogP contribution in [0.5, 0.6) is 0 Å². The van der Waals surface area contributed by atoms with Crippen LogP contribution in [0.3, 0.4) is 0 Å². The van der Waals surface area contributed by atoms with E-state index in [-0.39, 0.29) is 11.8 Å². The second-order valence-corrected chi connectivity index (χ2v) is 3.79. The Hall–Kier alpha value is -0.610. The van der Waals surface area contributed by atoms with E-state index in [9.17, 15) is 4.79 Å². The van der Waals surface area contributed by atoms with Crippen LogP contribution in [0.2, 0.25) is 0 Å². The summed E-state index contributed by atoms with van der Waals surface area (Å²) in [5.74, 6) is 0. The average Bonchev–Trinajstić information content (AvgIpc) is 1.98. The average molecular weight is 187 g/mol. The molecule has 2 N–H and O–H groups in total. The monoisotopic (exact) mass is 187 g/mol. The number of amides is 1. The van der Waals surface area contributed by atoms with Crippen LogP contribution in [0, 0.1) is 7.05 Å². The van der Waals surface area contributed by atoms with E-state index in [4.69, 9.17) is 4.74 Å². The molecule has 1 radical (unpaired) electrons. The first-order valence-corrected chi connectivity index (χ1v) is 4.37. The lowest BCUT2D eigenvalue weighted by molar-refractivity contribution is -0.120. The van der Waals surface area contributed by atoms with E-state index in [2.05, 4.69) is 17.7 Å². The second kappa shape index (κ2) is 5.94. The van der Waals surface area contributed by atoms with Crippen molar-refractivity contribution < 1.29 is 9.53 Å². The highest BCUT2D eigenvalue weighted by molar-refractivity contribution is 5.46. The van der Waals surface area contributed by atoms with Gasteiger partial charge in [0.25, 0.3) is 0 Å². The van der Waals surface area contributed by atoms with Crippen LogP contribution in [0.1, 0.15) is 27.2 Å². The van der Waals surface area contributed by atoms with Gasteiger partial charge >= 0.3 is 0 Å². The molecule has 77 valence electrons. The fourth-order valence-corrected chi connectivity index (χ4v) is 0.912. The minimum absolute atomic E-state index is 0.244. The predicted molar refractivity (Wildman–Crippen MR) is 51.8 cm³/mol. The number of hydrogen-bond acceptors (Lipinski definition) is 3. The Kier molecular flexibility index (Phi) is 5.66. The van der Waals surface area contributed by atoms with Gasteiger partial charge in [-0.3, -0.25) is 4.79 Å². The summed E-state index contributed by atoms with van der Waals surface area (Å²) in [5.41, 5.74) is -0.248. The molecule has 0 saturated heterocycles. The van der Waals surface area contributed by atoms with Gasteiger partial charge in [0.15, 0.2) is 0 Å².